The Morgan fingerprint density at radius 2 is 1.22 bits per heavy atom. The maximum Gasteiger partial charge on any atom is 0.308 e. The molecule has 0 unspecified atom stereocenters. The van der Waals surface area contributed by atoms with E-state index in [1.54, 1.807) is 12.1 Å². The largest absolute Gasteiger partial charge is 0.481 e. The van der Waals surface area contributed by atoms with Crippen molar-refractivity contribution in [1.82, 2.24) is 0 Å². The smallest absolute Gasteiger partial charge is 0.308 e. The third-order valence-corrected chi connectivity index (χ3v) is 4.79. The first-order valence-electron chi connectivity index (χ1n) is 10.8. The van der Waals surface area contributed by atoms with Crippen molar-refractivity contribution in [3.8, 4) is 23.0 Å². The molecule has 1 aliphatic rings. The zero-order chi connectivity index (χ0) is 26.6. The van der Waals surface area contributed by atoms with E-state index < -0.39 is 48.2 Å². The summed E-state index contributed by atoms with van der Waals surface area (Å²) in [4.78, 5) is 58.7. The first-order valence-corrected chi connectivity index (χ1v) is 10.8. The van der Waals surface area contributed by atoms with Crippen molar-refractivity contribution in [3.63, 3.8) is 0 Å². The number of carbonyl (C=O) groups is 5. The number of carbonyl (C=O) groups excluding carboxylic acids is 5. The topological polar surface area (TPSA) is 141 Å². The van der Waals surface area contributed by atoms with E-state index in [1.165, 1.54) is 52.0 Å². The van der Waals surface area contributed by atoms with Gasteiger partial charge in [0, 0.05) is 46.8 Å². The Labute approximate surface area is 206 Å². The first-order chi connectivity index (χ1) is 16.9. The van der Waals surface area contributed by atoms with Gasteiger partial charge in [-0.25, -0.2) is 0 Å². The molecule has 3 atom stereocenters. The lowest BCUT2D eigenvalue weighted by Crippen LogP contribution is -2.40. The van der Waals surface area contributed by atoms with E-state index in [9.17, 15) is 24.0 Å². The quantitative estimate of drug-likeness (QED) is 0.427. The molecule has 0 bridgehead atoms. The fraction of sp³-hybridized carbons (Fsp3) is 0.320. The second-order valence-electron chi connectivity index (χ2n) is 7.83. The zero-order valence-corrected chi connectivity index (χ0v) is 20.2. The van der Waals surface area contributed by atoms with Gasteiger partial charge in [0.2, 0.25) is 0 Å². The highest BCUT2D eigenvalue weighted by Gasteiger charge is 2.46. The van der Waals surface area contributed by atoms with Crippen LogP contribution < -0.4 is 18.9 Å². The molecule has 2 aromatic rings. The number of benzene rings is 2. The minimum atomic E-state index is -1.26. The monoisotopic (exact) mass is 500 g/mol. The van der Waals surface area contributed by atoms with E-state index >= 15 is 0 Å². The van der Waals surface area contributed by atoms with Crippen molar-refractivity contribution in [1.29, 1.82) is 0 Å². The zero-order valence-electron chi connectivity index (χ0n) is 20.2. The molecule has 0 fully saturated rings. The summed E-state index contributed by atoms with van der Waals surface area (Å²) in [6.07, 6.45) is -3.48. The summed E-state index contributed by atoms with van der Waals surface area (Å²) in [5.74, 6) is -2.99. The molecule has 0 amide bonds. The molecule has 11 heteroatoms. The van der Waals surface area contributed by atoms with Crippen molar-refractivity contribution in [2.24, 2.45) is 0 Å². The average Bonchev–Trinajstić information content (AvgIpc) is 2.73. The van der Waals surface area contributed by atoms with Crippen LogP contribution in [0.25, 0.3) is 0 Å². The summed E-state index contributed by atoms with van der Waals surface area (Å²) in [5.41, 5.74) is 0.585. The SMILES string of the molecule is CC(=O)Oc1ccc([C@@H]2Oc3cc(OC(C)=O)cc(OC(C)=O)c3[C@@H](OC(C)=O)[C@@H]2OC(C)=O)cc1. The first kappa shape index (κ1) is 26.2. The molecule has 11 nitrogen and oxygen atoms in total. The lowest BCUT2D eigenvalue weighted by Gasteiger charge is -2.39. The Bertz CT molecular complexity index is 1200. The maximum absolute atomic E-state index is 12.1. The average molecular weight is 500 g/mol. The minimum absolute atomic E-state index is 0.00830. The summed E-state index contributed by atoms with van der Waals surface area (Å²) < 4.78 is 32.7. The molecule has 1 aliphatic heterocycles. The molecular formula is C25H24O11. The van der Waals surface area contributed by atoms with Gasteiger partial charge in [0.15, 0.2) is 18.3 Å². The molecule has 0 N–H and O–H groups in total. The summed E-state index contributed by atoms with van der Waals surface area (Å²) in [6, 6.07) is 8.82. The molecule has 36 heavy (non-hydrogen) atoms. The summed E-state index contributed by atoms with van der Waals surface area (Å²) in [6.45, 7) is 5.96. The molecule has 0 aromatic heterocycles. The van der Waals surface area contributed by atoms with Crippen molar-refractivity contribution in [2.75, 3.05) is 0 Å². The highest BCUT2D eigenvalue weighted by atomic mass is 16.6. The van der Waals surface area contributed by atoms with Crippen LogP contribution in [-0.4, -0.2) is 36.0 Å². The normalized spacial score (nSPS) is 18.1. The van der Waals surface area contributed by atoms with Crippen LogP contribution in [0, 0.1) is 0 Å². The van der Waals surface area contributed by atoms with Gasteiger partial charge < -0.3 is 28.4 Å². The van der Waals surface area contributed by atoms with Crippen molar-refractivity contribution in [2.45, 2.75) is 52.9 Å². The van der Waals surface area contributed by atoms with Gasteiger partial charge in [-0.15, -0.1) is 0 Å². The molecule has 0 spiro atoms. The fourth-order valence-electron chi connectivity index (χ4n) is 3.72. The van der Waals surface area contributed by atoms with Gasteiger partial charge in [-0.05, 0) is 17.7 Å². The molecule has 1 heterocycles. The van der Waals surface area contributed by atoms with E-state index in [-0.39, 0.29) is 28.6 Å². The predicted molar refractivity (Wildman–Crippen MR) is 120 cm³/mol. The number of hydrogen-bond donors (Lipinski definition) is 0. The third-order valence-electron chi connectivity index (χ3n) is 4.79. The highest BCUT2D eigenvalue weighted by Crippen LogP contribution is 2.50. The predicted octanol–water partition coefficient (Wildman–Crippen LogP) is 3.13. The summed E-state index contributed by atoms with van der Waals surface area (Å²) in [7, 11) is 0. The molecule has 0 saturated heterocycles. The number of rotatable bonds is 6. The van der Waals surface area contributed by atoms with Gasteiger partial charge in [-0.1, -0.05) is 12.1 Å². The van der Waals surface area contributed by atoms with Crippen molar-refractivity contribution in [3.05, 3.63) is 47.5 Å². The van der Waals surface area contributed by atoms with Gasteiger partial charge in [-0.2, -0.15) is 0 Å². The molecular weight excluding hydrogens is 476 g/mol. The third kappa shape index (κ3) is 6.38. The Balaban J connectivity index is 2.19. The van der Waals surface area contributed by atoms with Crippen LogP contribution in [0.4, 0.5) is 0 Å². The molecule has 190 valence electrons. The summed E-state index contributed by atoms with van der Waals surface area (Å²) >= 11 is 0. The van der Waals surface area contributed by atoms with Crippen molar-refractivity contribution < 1.29 is 52.4 Å². The number of hydrogen-bond acceptors (Lipinski definition) is 11. The fourth-order valence-corrected chi connectivity index (χ4v) is 3.72. The Hall–Kier alpha value is -4.41. The highest BCUT2D eigenvalue weighted by molar-refractivity contribution is 5.74. The number of ether oxygens (including phenoxy) is 6. The van der Waals surface area contributed by atoms with Crippen LogP contribution in [0.1, 0.15) is 58.0 Å². The van der Waals surface area contributed by atoms with Gasteiger partial charge in [0.1, 0.15) is 23.0 Å². The lowest BCUT2D eigenvalue weighted by molar-refractivity contribution is -0.178. The second-order valence-corrected chi connectivity index (χ2v) is 7.83. The van der Waals surface area contributed by atoms with Gasteiger partial charge >= 0.3 is 29.8 Å². The molecule has 3 rings (SSSR count). The Kier molecular flexibility index (Phi) is 7.93. The van der Waals surface area contributed by atoms with Crippen LogP contribution in [0.5, 0.6) is 23.0 Å². The molecule has 0 radical (unpaired) electrons. The standard InChI is InChI=1S/C25H24O11/c1-12(26)31-18-8-6-17(7-9-18)23-25(35-16(5)30)24(34-15(4)29)22-20(33-14(3)28)10-19(32-13(2)27)11-21(22)36-23/h6-11,23-25H,1-5H3/t23-,24+,25+/m0/s1. The van der Waals surface area contributed by atoms with E-state index in [4.69, 9.17) is 28.4 Å². The van der Waals surface area contributed by atoms with Crippen LogP contribution >= 0.6 is 0 Å². The maximum atomic E-state index is 12.1. The van der Waals surface area contributed by atoms with Crippen LogP contribution in [-0.2, 0) is 33.4 Å². The second kappa shape index (κ2) is 10.9. The van der Waals surface area contributed by atoms with Gasteiger partial charge in [0.05, 0.1) is 5.56 Å². The van der Waals surface area contributed by atoms with E-state index in [0.29, 0.717) is 5.56 Å². The van der Waals surface area contributed by atoms with Crippen LogP contribution in [0.15, 0.2) is 36.4 Å². The van der Waals surface area contributed by atoms with Crippen molar-refractivity contribution >= 4 is 29.8 Å². The minimum Gasteiger partial charge on any atom is -0.481 e. The number of fused-ring (bicyclic) bond motifs is 1. The number of esters is 5. The molecule has 2 aromatic carbocycles. The van der Waals surface area contributed by atoms with Crippen LogP contribution in [0.2, 0.25) is 0 Å². The molecule has 0 aliphatic carbocycles. The van der Waals surface area contributed by atoms with Crippen LogP contribution in [0.3, 0.4) is 0 Å². The van der Waals surface area contributed by atoms with E-state index in [1.807, 2.05) is 0 Å². The van der Waals surface area contributed by atoms with E-state index in [0.717, 1.165) is 6.92 Å². The summed E-state index contributed by atoms with van der Waals surface area (Å²) in [5, 5.41) is 0. The van der Waals surface area contributed by atoms with E-state index in [2.05, 4.69) is 0 Å². The lowest BCUT2D eigenvalue weighted by atomic mass is 9.90. The molecule has 0 saturated carbocycles. The Morgan fingerprint density at radius 3 is 1.75 bits per heavy atom. The Morgan fingerprint density at radius 1 is 0.667 bits per heavy atom. The van der Waals surface area contributed by atoms with Gasteiger partial charge in [-0.3, -0.25) is 24.0 Å². The van der Waals surface area contributed by atoms with Gasteiger partial charge in [0.25, 0.3) is 0 Å².